The van der Waals surface area contributed by atoms with E-state index in [2.05, 4.69) is 25.4 Å². The van der Waals surface area contributed by atoms with Gasteiger partial charge in [0.05, 0.1) is 12.9 Å². The Morgan fingerprint density at radius 3 is 2.42 bits per heavy atom. The molecule has 0 aliphatic heterocycles. The zero-order valence-electron chi connectivity index (χ0n) is 18.6. The van der Waals surface area contributed by atoms with Gasteiger partial charge in [0.2, 0.25) is 5.91 Å². The predicted molar refractivity (Wildman–Crippen MR) is 121 cm³/mol. The van der Waals surface area contributed by atoms with Gasteiger partial charge < -0.3 is 10.1 Å². The average molecular weight is 446 g/mol. The minimum atomic E-state index is -0.495. The first-order valence-electron chi connectivity index (χ1n) is 10.6. The lowest BCUT2D eigenvalue weighted by Crippen LogP contribution is -2.48. The van der Waals surface area contributed by atoms with Crippen molar-refractivity contribution in [1.82, 2.24) is 25.4 Å². The van der Waals surface area contributed by atoms with E-state index in [9.17, 15) is 9.59 Å². The molecule has 168 valence electrons. The molecule has 1 aromatic carbocycles. The van der Waals surface area contributed by atoms with Gasteiger partial charge in [-0.05, 0) is 57.9 Å². The Hall–Kier alpha value is -2.55. The molecule has 0 unspecified atom stereocenters. The Morgan fingerprint density at radius 1 is 1.13 bits per heavy atom. The first kappa shape index (κ1) is 23.1. The maximum Gasteiger partial charge on any atom is 0.321 e. The Kier molecular flexibility index (Phi) is 7.59. The number of methoxy groups -OCH3 is 1. The second kappa shape index (κ2) is 10.2. The normalized spacial score (nSPS) is 14.8. The van der Waals surface area contributed by atoms with Crippen LogP contribution in [0.2, 0.25) is 0 Å². The largest absolute Gasteiger partial charge is 0.497 e. The summed E-state index contributed by atoms with van der Waals surface area (Å²) in [5.41, 5.74) is 0.547. The second-order valence-corrected chi connectivity index (χ2v) is 9.68. The maximum absolute atomic E-state index is 12.3. The van der Waals surface area contributed by atoms with E-state index in [0.717, 1.165) is 30.0 Å². The summed E-state index contributed by atoms with van der Waals surface area (Å²) in [6.45, 7) is 5.58. The fourth-order valence-corrected chi connectivity index (χ4v) is 4.45. The van der Waals surface area contributed by atoms with Gasteiger partial charge in [0.25, 0.3) is 0 Å². The quantitative estimate of drug-likeness (QED) is 0.648. The summed E-state index contributed by atoms with van der Waals surface area (Å²) in [4.78, 5) is 24.2. The highest BCUT2D eigenvalue weighted by molar-refractivity contribution is 7.99. The monoisotopic (exact) mass is 445 g/mol. The molecule has 3 rings (SSSR count). The number of nitrogens with one attached hydrogen (secondary N) is 2. The molecule has 1 saturated carbocycles. The van der Waals surface area contributed by atoms with E-state index in [1.807, 2.05) is 45.0 Å². The Morgan fingerprint density at radius 2 is 1.81 bits per heavy atom. The molecule has 2 aromatic rings. The summed E-state index contributed by atoms with van der Waals surface area (Å²) < 4.78 is 7.42. The van der Waals surface area contributed by atoms with Gasteiger partial charge in [-0.25, -0.2) is 4.79 Å². The molecular formula is C22H31N5O3S. The Labute approximate surface area is 187 Å². The molecule has 1 aromatic heterocycles. The van der Waals surface area contributed by atoms with E-state index in [4.69, 9.17) is 4.74 Å². The van der Waals surface area contributed by atoms with Crippen LogP contribution in [0.1, 0.15) is 58.9 Å². The third-order valence-corrected chi connectivity index (χ3v) is 5.97. The molecule has 0 atom stereocenters. The van der Waals surface area contributed by atoms with Crippen LogP contribution < -0.4 is 15.4 Å². The average Bonchev–Trinajstić information content (AvgIpc) is 3.15. The molecule has 8 nitrogen and oxygen atoms in total. The van der Waals surface area contributed by atoms with E-state index in [1.54, 1.807) is 7.11 Å². The van der Waals surface area contributed by atoms with Crippen molar-refractivity contribution in [2.45, 2.75) is 69.6 Å². The SMILES string of the molecule is COc1ccc(-c2nnc(SCC(=O)NC(=O)NC(C)(C)C)n2C2CCCCC2)cc1. The molecular weight excluding hydrogens is 414 g/mol. The number of amides is 3. The van der Waals surface area contributed by atoms with Crippen molar-refractivity contribution in [2.75, 3.05) is 12.9 Å². The fourth-order valence-electron chi connectivity index (χ4n) is 3.65. The number of urea groups is 1. The summed E-state index contributed by atoms with van der Waals surface area (Å²) >= 11 is 1.30. The van der Waals surface area contributed by atoms with E-state index in [-0.39, 0.29) is 11.7 Å². The Bertz CT molecular complexity index is 899. The van der Waals surface area contributed by atoms with E-state index in [0.29, 0.717) is 11.2 Å². The third kappa shape index (κ3) is 6.46. The summed E-state index contributed by atoms with van der Waals surface area (Å²) in [6, 6.07) is 7.56. The second-order valence-electron chi connectivity index (χ2n) is 8.74. The van der Waals surface area contributed by atoms with Gasteiger partial charge in [-0.15, -0.1) is 10.2 Å². The number of aromatic nitrogens is 3. The van der Waals surface area contributed by atoms with Crippen molar-refractivity contribution in [2.24, 2.45) is 0 Å². The predicted octanol–water partition coefficient (Wildman–Crippen LogP) is 4.18. The van der Waals surface area contributed by atoms with Crippen molar-refractivity contribution < 1.29 is 14.3 Å². The first-order chi connectivity index (χ1) is 14.8. The standard InChI is InChI=1S/C22H31N5O3S/c1-22(2,3)24-20(29)23-18(28)14-31-21-26-25-19(15-10-12-17(30-4)13-11-15)27(21)16-8-6-5-7-9-16/h10-13,16H,5-9,14H2,1-4H3,(H2,23,24,28,29). The molecule has 1 aliphatic carbocycles. The van der Waals surface area contributed by atoms with E-state index >= 15 is 0 Å². The number of carbonyl (C=O) groups excluding carboxylic acids is 2. The van der Waals surface area contributed by atoms with Crippen molar-refractivity contribution in [3.63, 3.8) is 0 Å². The van der Waals surface area contributed by atoms with Gasteiger partial charge in [0.15, 0.2) is 11.0 Å². The number of thioether (sulfide) groups is 1. The number of ether oxygens (including phenoxy) is 1. The molecule has 0 saturated heterocycles. The van der Waals surface area contributed by atoms with Crippen LogP contribution in [0.5, 0.6) is 5.75 Å². The van der Waals surface area contributed by atoms with E-state index in [1.165, 1.54) is 31.0 Å². The minimum Gasteiger partial charge on any atom is -0.497 e. The van der Waals surface area contributed by atoms with Crippen LogP contribution in [0.15, 0.2) is 29.4 Å². The molecule has 1 aliphatic rings. The molecule has 1 fully saturated rings. The molecule has 0 spiro atoms. The number of rotatable bonds is 6. The van der Waals surface area contributed by atoms with Gasteiger partial charge in [-0.2, -0.15) is 0 Å². The molecule has 3 amide bonds. The molecule has 2 N–H and O–H groups in total. The van der Waals surface area contributed by atoms with Crippen molar-refractivity contribution in [3.8, 4) is 17.1 Å². The van der Waals surface area contributed by atoms with Crippen molar-refractivity contribution >= 4 is 23.7 Å². The van der Waals surface area contributed by atoms with Gasteiger partial charge in [0, 0.05) is 17.1 Å². The fraction of sp³-hybridized carbons (Fsp3) is 0.545. The zero-order valence-corrected chi connectivity index (χ0v) is 19.4. The van der Waals surface area contributed by atoms with Crippen molar-refractivity contribution in [3.05, 3.63) is 24.3 Å². The maximum atomic E-state index is 12.3. The summed E-state index contributed by atoms with van der Waals surface area (Å²) in [5, 5.41) is 14.6. The van der Waals surface area contributed by atoms with Crippen LogP contribution in [0.25, 0.3) is 11.4 Å². The molecule has 9 heteroatoms. The number of hydrogen-bond donors (Lipinski definition) is 2. The lowest BCUT2D eigenvalue weighted by Gasteiger charge is -2.25. The van der Waals surface area contributed by atoms with Crippen LogP contribution in [0.3, 0.4) is 0 Å². The van der Waals surface area contributed by atoms with Crippen LogP contribution in [-0.4, -0.2) is 45.1 Å². The Balaban J connectivity index is 1.75. The number of nitrogens with zero attached hydrogens (tertiary/aromatic N) is 3. The van der Waals surface area contributed by atoms with E-state index < -0.39 is 11.6 Å². The minimum absolute atomic E-state index is 0.0883. The third-order valence-electron chi connectivity index (χ3n) is 5.03. The van der Waals surface area contributed by atoms with Crippen LogP contribution in [0, 0.1) is 0 Å². The molecule has 1 heterocycles. The first-order valence-corrected chi connectivity index (χ1v) is 11.6. The summed E-state index contributed by atoms with van der Waals surface area (Å²) in [7, 11) is 1.64. The highest BCUT2D eigenvalue weighted by Gasteiger charge is 2.25. The van der Waals surface area contributed by atoms with Gasteiger partial charge in [0.1, 0.15) is 5.75 Å². The number of benzene rings is 1. The van der Waals surface area contributed by atoms with Crippen LogP contribution in [-0.2, 0) is 4.79 Å². The summed E-state index contributed by atoms with van der Waals surface area (Å²) in [6.07, 6.45) is 5.71. The highest BCUT2D eigenvalue weighted by atomic mass is 32.2. The van der Waals surface area contributed by atoms with Gasteiger partial charge in [-0.3, -0.25) is 14.7 Å². The number of hydrogen-bond acceptors (Lipinski definition) is 6. The van der Waals surface area contributed by atoms with Crippen LogP contribution >= 0.6 is 11.8 Å². The lowest BCUT2D eigenvalue weighted by atomic mass is 9.95. The number of carbonyl (C=O) groups is 2. The molecule has 0 bridgehead atoms. The number of imide groups is 1. The smallest absolute Gasteiger partial charge is 0.321 e. The van der Waals surface area contributed by atoms with Gasteiger partial charge >= 0.3 is 6.03 Å². The van der Waals surface area contributed by atoms with Crippen LogP contribution in [0.4, 0.5) is 4.79 Å². The topological polar surface area (TPSA) is 98.1 Å². The summed E-state index contributed by atoms with van der Waals surface area (Å²) in [5.74, 6) is 1.30. The lowest BCUT2D eigenvalue weighted by molar-refractivity contribution is -0.117. The molecule has 0 radical (unpaired) electrons. The zero-order chi connectivity index (χ0) is 22.4. The highest BCUT2D eigenvalue weighted by Crippen LogP contribution is 2.35. The van der Waals surface area contributed by atoms with Crippen molar-refractivity contribution in [1.29, 1.82) is 0 Å². The van der Waals surface area contributed by atoms with Gasteiger partial charge in [-0.1, -0.05) is 31.0 Å². The molecule has 31 heavy (non-hydrogen) atoms.